The smallest absolute Gasteiger partial charge is 0.369 e. The number of nitrogens with one attached hydrogen (secondary N) is 1. The molecule has 9 heteroatoms. The number of anilines is 1. The molecule has 1 unspecified atom stereocenters. The molecule has 150 valence electrons. The fourth-order valence-corrected chi connectivity index (χ4v) is 3.67. The Balaban J connectivity index is 0.00000240. The van der Waals surface area contributed by atoms with E-state index < -0.39 is 5.82 Å². The standard InChI is InChI=1S/C20H18FN5O2.ClH/c1-13-12-23-7-8-24(13)16-10-18-17(9-15(16)21)25(27)19(11-22)20(26(18)28)14-5-3-2-4-6-14;/h2-6,9-10,13,23H,7-8,12H2,1H3;1H. The predicted molar refractivity (Wildman–Crippen MR) is 109 cm³/mol. The lowest BCUT2D eigenvalue weighted by Gasteiger charge is -2.35. The topological polar surface area (TPSA) is 92.9 Å². The first-order valence-electron chi connectivity index (χ1n) is 8.98. The average Bonchev–Trinajstić information content (AvgIpc) is 2.71. The molecule has 2 heterocycles. The molecule has 1 N–H and O–H groups in total. The van der Waals surface area contributed by atoms with Crippen molar-refractivity contribution >= 4 is 29.1 Å². The molecule has 1 atom stereocenters. The summed E-state index contributed by atoms with van der Waals surface area (Å²) in [6, 6.07) is 12.8. The van der Waals surface area contributed by atoms with Gasteiger partial charge < -0.3 is 20.6 Å². The molecular weight excluding hydrogens is 397 g/mol. The van der Waals surface area contributed by atoms with Crippen molar-refractivity contribution in [3.63, 3.8) is 0 Å². The van der Waals surface area contributed by atoms with Crippen LogP contribution in [0.15, 0.2) is 42.5 Å². The second kappa shape index (κ2) is 8.07. The lowest BCUT2D eigenvalue weighted by Crippen LogP contribution is -2.50. The van der Waals surface area contributed by atoms with Gasteiger partial charge in [0.05, 0.1) is 17.3 Å². The van der Waals surface area contributed by atoms with Gasteiger partial charge >= 0.3 is 11.4 Å². The highest BCUT2D eigenvalue weighted by atomic mass is 35.5. The van der Waals surface area contributed by atoms with Crippen molar-refractivity contribution in [3.05, 3.63) is 64.4 Å². The molecule has 0 aliphatic carbocycles. The minimum atomic E-state index is -0.595. The van der Waals surface area contributed by atoms with Crippen LogP contribution in [0.4, 0.5) is 10.1 Å². The lowest BCUT2D eigenvalue weighted by molar-refractivity contribution is -0.622. The highest BCUT2D eigenvalue weighted by molar-refractivity contribution is 5.85. The molecule has 0 radical (unpaired) electrons. The molecule has 3 aromatic rings. The van der Waals surface area contributed by atoms with Crippen molar-refractivity contribution < 1.29 is 13.9 Å². The van der Waals surface area contributed by atoms with Gasteiger partial charge in [0, 0.05) is 31.7 Å². The Kier molecular flexibility index (Phi) is 5.73. The minimum Gasteiger partial charge on any atom is -0.617 e. The first-order chi connectivity index (χ1) is 13.5. The molecule has 1 saturated heterocycles. The van der Waals surface area contributed by atoms with Gasteiger partial charge in [-0.1, -0.05) is 18.2 Å². The van der Waals surface area contributed by atoms with Crippen LogP contribution in [0, 0.1) is 27.6 Å². The molecule has 2 aromatic carbocycles. The lowest BCUT2D eigenvalue weighted by atomic mass is 10.1. The predicted octanol–water partition coefficient (Wildman–Crippen LogP) is 2.00. The summed E-state index contributed by atoms with van der Waals surface area (Å²) in [5.41, 5.74) is 0.162. The number of rotatable bonds is 2. The summed E-state index contributed by atoms with van der Waals surface area (Å²) in [7, 11) is 0. The molecule has 0 spiro atoms. The number of benzene rings is 2. The van der Waals surface area contributed by atoms with Gasteiger partial charge in [0.15, 0.2) is 11.9 Å². The molecule has 4 rings (SSSR count). The molecule has 0 amide bonds. The minimum absolute atomic E-state index is 0. The number of hydrogen-bond acceptors (Lipinski definition) is 5. The van der Waals surface area contributed by atoms with E-state index in [1.807, 2.05) is 11.8 Å². The van der Waals surface area contributed by atoms with Crippen molar-refractivity contribution in [3.8, 4) is 17.3 Å². The van der Waals surface area contributed by atoms with Crippen LogP contribution in [-0.2, 0) is 0 Å². The summed E-state index contributed by atoms with van der Waals surface area (Å²) >= 11 is 0. The normalized spacial score (nSPS) is 16.3. The fraction of sp³-hybridized carbons (Fsp3) is 0.250. The zero-order valence-corrected chi connectivity index (χ0v) is 16.4. The average molecular weight is 416 g/mol. The third kappa shape index (κ3) is 3.39. The number of nitrogens with zero attached hydrogens (tertiary/aromatic N) is 4. The van der Waals surface area contributed by atoms with Crippen LogP contribution in [0.5, 0.6) is 0 Å². The largest absolute Gasteiger partial charge is 0.617 e. The molecule has 1 aliphatic heterocycles. The number of halogens is 2. The fourth-order valence-electron chi connectivity index (χ4n) is 3.67. The molecule has 1 aliphatic rings. The van der Waals surface area contributed by atoms with Gasteiger partial charge in [0.2, 0.25) is 0 Å². The van der Waals surface area contributed by atoms with Crippen LogP contribution < -0.4 is 19.7 Å². The Bertz CT molecular complexity index is 1100. The first-order valence-corrected chi connectivity index (χ1v) is 8.98. The number of fused-ring (bicyclic) bond motifs is 1. The van der Waals surface area contributed by atoms with E-state index in [9.17, 15) is 20.1 Å². The quantitative estimate of drug-likeness (QED) is 0.510. The monoisotopic (exact) mass is 415 g/mol. The zero-order valence-electron chi connectivity index (χ0n) is 15.6. The van der Waals surface area contributed by atoms with Gasteiger partial charge in [-0.25, -0.2) is 4.39 Å². The first kappa shape index (κ1) is 20.6. The summed E-state index contributed by atoms with van der Waals surface area (Å²) in [6.07, 6.45) is 0. The molecule has 0 saturated carbocycles. The van der Waals surface area contributed by atoms with Gasteiger partial charge in [-0.05, 0) is 19.1 Å². The van der Waals surface area contributed by atoms with E-state index in [-0.39, 0.29) is 46.6 Å². The third-order valence-electron chi connectivity index (χ3n) is 5.08. The van der Waals surface area contributed by atoms with Crippen LogP contribution in [0.3, 0.4) is 0 Å². The Morgan fingerprint density at radius 3 is 2.52 bits per heavy atom. The van der Waals surface area contributed by atoms with Crippen LogP contribution >= 0.6 is 12.4 Å². The van der Waals surface area contributed by atoms with Crippen LogP contribution in [0.25, 0.3) is 22.3 Å². The van der Waals surface area contributed by atoms with E-state index >= 15 is 0 Å². The third-order valence-corrected chi connectivity index (χ3v) is 5.08. The van der Waals surface area contributed by atoms with Crippen molar-refractivity contribution in [1.82, 2.24) is 5.32 Å². The van der Waals surface area contributed by atoms with E-state index in [0.29, 0.717) is 34.7 Å². The second-order valence-corrected chi connectivity index (χ2v) is 6.80. The maximum atomic E-state index is 14.8. The second-order valence-electron chi connectivity index (χ2n) is 6.80. The molecule has 7 nitrogen and oxygen atoms in total. The Labute approximate surface area is 173 Å². The number of hydrogen-bond donors (Lipinski definition) is 1. The highest BCUT2D eigenvalue weighted by Gasteiger charge is 2.32. The van der Waals surface area contributed by atoms with Gasteiger partial charge in [-0.3, -0.25) is 0 Å². The van der Waals surface area contributed by atoms with Gasteiger partial charge in [-0.2, -0.15) is 9.99 Å². The zero-order chi connectivity index (χ0) is 19.8. The summed E-state index contributed by atoms with van der Waals surface area (Å²) in [4.78, 5) is 1.88. The maximum Gasteiger partial charge on any atom is 0.369 e. The molecule has 1 fully saturated rings. The number of piperazine rings is 1. The van der Waals surface area contributed by atoms with Crippen molar-refractivity contribution in [2.45, 2.75) is 13.0 Å². The van der Waals surface area contributed by atoms with Crippen LogP contribution in [0.2, 0.25) is 0 Å². The van der Waals surface area contributed by atoms with E-state index in [0.717, 1.165) is 6.07 Å². The summed E-state index contributed by atoms with van der Waals surface area (Å²) in [6.45, 7) is 3.94. The SMILES string of the molecule is CC1CNCCN1c1cc2c(cc1F)[n+]([O-])c(C#N)c(-c1ccccc1)[n+]2[O-].Cl. The van der Waals surface area contributed by atoms with Crippen molar-refractivity contribution in [2.24, 2.45) is 0 Å². The highest BCUT2D eigenvalue weighted by Crippen LogP contribution is 2.27. The van der Waals surface area contributed by atoms with Crippen LogP contribution in [-0.4, -0.2) is 25.7 Å². The molecule has 29 heavy (non-hydrogen) atoms. The van der Waals surface area contributed by atoms with Crippen molar-refractivity contribution in [1.29, 1.82) is 5.26 Å². The maximum absolute atomic E-state index is 14.8. The number of nitriles is 1. The van der Waals surface area contributed by atoms with E-state index in [4.69, 9.17) is 0 Å². The Morgan fingerprint density at radius 1 is 1.17 bits per heavy atom. The van der Waals surface area contributed by atoms with Crippen LogP contribution in [0.1, 0.15) is 12.6 Å². The Hall–Kier alpha value is -3.15. The van der Waals surface area contributed by atoms with E-state index in [1.54, 1.807) is 36.4 Å². The van der Waals surface area contributed by atoms with E-state index in [1.165, 1.54) is 6.07 Å². The van der Waals surface area contributed by atoms with Gasteiger partial charge in [0.1, 0.15) is 0 Å². The summed E-state index contributed by atoms with van der Waals surface area (Å²) in [5, 5.41) is 38.6. The summed E-state index contributed by atoms with van der Waals surface area (Å²) in [5.74, 6) is -0.595. The van der Waals surface area contributed by atoms with Gasteiger partial charge in [-0.15, -0.1) is 17.1 Å². The van der Waals surface area contributed by atoms with Crippen molar-refractivity contribution in [2.75, 3.05) is 24.5 Å². The summed E-state index contributed by atoms with van der Waals surface area (Å²) < 4.78 is 15.7. The Morgan fingerprint density at radius 2 is 1.86 bits per heavy atom. The van der Waals surface area contributed by atoms with Gasteiger partial charge in [0.25, 0.3) is 11.0 Å². The number of aromatic nitrogens is 2. The molecule has 1 aromatic heterocycles. The molecule has 0 bridgehead atoms. The molecular formula is C20H19ClFN5O2. The van der Waals surface area contributed by atoms with E-state index in [2.05, 4.69) is 5.32 Å².